The molecule has 0 aliphatic carbocycles. The first kappa shape index (κ1) is 15.2. The zero-order chi connectivity index (χ0) is 13.8. The summed E-state index contributed by atoms with van der Waals surface area (Å²) < 4.78 is 49.8. The molecule has 0 saturated carbocycles. The Kier molecular flexibility index (Phi) is 5.41. The summed E-state index contributed by atoms with van der Waals surface area (Å²) in [7, 11) is 1.57. The zero-order valence-electron chi connectivity index (χ0n) is 9.82. The Morgan fingerprint density at radius 1 is 1.33 bits per heavy atom. The van der Waals surface area contributed by atoms with Crippen LogP contribution in [0.15, 0.2) is 18.2 Å². The van der Waals surface area contributed by atoms with Gasteiger partial charge in [-0.3, -0.25) is 0 Å². The summed E-state index contributed by atoms with van der Waals surface area (Å²) in [6.07, 6.45) is -4.95. The average molecular weight is 284 g/mol. The van der Waals surface area contributed by atoms with Gasteiger partial charge in [0.1, 0.15) is 5.82 Å². The van der Waals surface area contributed by atoms with E-state index >= 15 is 0 Å². The van der Waals surface area contributed by atoms with E-state index < -0.39 is 24.5 Å². The van der Waals surface area contributed by atoms with Crippen molar-refractivity contribution in [2.45, 2.75) is 31.5 Å². The van der Waals surface area contributed by atoms with E-state index in [1.165, 1.54) is 18.2 Å². The maximum atomic E-state index is 13.6. The summed E-state index contributed by atoms with van der Waals surface area (Å²) in [5.74, 6) is -0.506. The van der Waals surface area contributed by atoms with Crippen LogP contribution in [-0.4, -0.2) is 13.2 Å². The Bertz CT molecular complexity index is 372. The summed E-state index contributed by atoms with van der Waals surface area (Å²) in [4.78, 5) is 0. The number of benzene rings is 1. The predicted molar refractivity (Wildman–Crippen MR) is 63.1 cm³/mol. The fourth-order valence-corrected chi connectivity index (χ4v) is 2.08. The van der Waals surface area contributed by atoms with Crippen molar-refractivity contribution in [3.63, 3.8) is 0 Å². The van der Waals surface area contributed by atoms with E-state index in [2.05, 4.69) is 5.32 Å². The van der Waals surface area contributed by atoms with Gasteiger partial charge in [0, 0.05) is 23.0 Å². The first-order valence-electron chi connectivity index (χ1n) is 5.53. The van der Waals surface area contributed by atoms with Gasteiger partial charge in [-0.15, -0.1) is 0 Å². The molecule has 102 valence electrons. The highest BCUT2D eigenvalue weighted by atomic mass is 35.5. The molecular weight excluding hydrogens is 270 g/mol. The number of alkyl halides is 3. The minimum atomic E-state index is -4.18. The molecule has 1 unspecified atom stereocenters. The lowest BCUT2D eigenvalue weighted by Gasteiger charge is -2.19. The second-order valence-electron chi connectivity index (χ2n) is 3.98. The van der Waals surface area contributed by atoms with Crippen molar-refractivity contribution < 1.29 is 17.6 Å². The minimum Gasteiger partial charge on any atom is -0.313 e. The second-order valence-corrected chi connectivity index (χ2v) is 4.39. The maximum absolute atomic E-state index is 13.6. The van der Waals surface area contributed by atoms with Crippen LogP contribution in [0.4, 0.5) is 17.6 Å². The van der Waals surface area contributed by atoms with Crippen LogP contribution in [0.5, 0.6) is 0 Å². The fraction of sp³-hybridized carbons (Fsp3) is 0.500. The van der Waals surface area contributed by atoms with Gasteiger partial charge in [-0.05, 0) is 32.0 Å². The molecule has 0 aromatic heterocycles. The van der Waals surface area contributed by atoms with Crippen molar-refractivity contribution in [1.82, 2.24) is 5.32 Å². The van der Waals surface area contributed by atoms with Crippen molar-refractivity contribution >= 4 is 11.6 Å². The molecule has 0 spiro atoms. The Morgan fingerprint density at radius 2 is 2.00 bits per heavy atom. The molecule has 0 amide bonds. The van der Waals surface area contributed by atoms with E-state index in [0.29, 0.717) is 0 Å². The van der Waals surface area contributed by atoms with E-state index in [0.717, 1.165) is 0 Å². The van der Waals surface area contributed by atoms with E-state index in [9.17, 15) is 17.6 Å². The van der Waals surface area contributed by atoms with Crippen molar-refractivity contribution in [2.75, 3.05) is 7.05 Å². The molecule has 1 nitrogen and oxygen atoms in total. The van der Waals surface area contributed by atoms with Gasteiger partial charge in [-0.1, -0.05) is 17.7 Å². The fourth-order valence-electron chi connectivity index (χ4n) is 1.78. The molecule has 0 radical (unpaired) electrons. The quantitative estimate of drug-likeness (QED) is 0.786. The summed E-state index contributed by atoms with van der Waals surface area (Å²) >= 11 is 5.87. The molecular formula is C12H14ClF4N. The largest absolute Gasteiger partial charge is 0.389 e. The molecule has 1 aromatic rings. The number of halogens is 5. The van der Waals surface area contributed by atoms with Crippen molar-refractivity contribution in [1.29, 1.82) is 0 Å². The SMILES string of the molecule is CNC(CCCC(F)(F)F)c1c(F)cccc1Cl. The van der Waals surface area contributed by atoms with Gasteiger partial charge in [0.05, 0.1) is 0 Å². The lowest BCUT2D eigenvalue weighted by molar-refractivity contribution is -0.135. The van der Waals surface area contributed by atoms with Crippen LogP contribution in [-0.2, 0) is 0 Å². The average Bonchev–Trinajstić information content (AvgIpc) is 2.25. The van der Waals surface area contributed by atoms with Gasteiger partial charge in [-0.2, -0.15) is 13.2 Å². The van der Waals surface area contributed by atoms with Gasteiger partial charge in [-0.25, -0.2) is 4.39 Å². The number of rotatable bonds is 5. The van der Waals surface area contributed by atoms with Crippen LogP contribution in [0.25, 0.3) is 0 Å². The smallest absolute Gasteiger partial charge is 0.313 e. The Labute approximate surface area is 108 Å². The molecule has 0 heterocycles. The molecule has 1 N–H and O–H groups in total. The van der Waals surface area contributed by atoms with Gasteiger partial charge in [0.2, 0.25) is 0 Å². The molecule has 0 fully saturated rings. The van der Waals surface area contributed by atoms with E-state index in [-0.39, 0.29) is 23.4 Å². The van der Waals surface area contributed by atoms with Crippen molar-refractivity contribution in [3.8, 4) is 0 Å². The van der Waals surface area contributed by atoms with Crippen LogP contribution >= 0.6 is 11.6 Å². The summed E-state index contributed by atoms with van der Waals surface area (Å²) in [6, 6.07) is 3.72. The maximum Gasteiger partial charge on any atom is 0.389 e. The van der Waals surface area contributed by atoms with E-state index in [1.54, 1.807) is 7.05 Å². The standard InChI is InChI=1S/C12H14ClF4N/c1-18-10(6-3-7-12(15,16)17)11-8(13)4-2-5-9(11)14/h2,4-5,10,18H,3,6-7H2,1H3. The van der Waals surface area contributed by atoms with Crippen LogP contribution in [0.1, 0.15) is 30.9 Å². The van der Waals surface area contributed by atoms with Gasteiger partial charge in [0.25, 0.3) is 0 Å². The van der Waals surface area contributed by atoms with Crippen LogP contribution in [0.2, 0.25) is 5.02 Å². The lowest BCUT2D eigenvalue weighted by atomic mass is 10.0. The van der Waals surface area contributed by atoms with Crippen molar-refractivity contribution in [2.24, 2.45) is 0 Å². The van der Waals surface area contributed by atoms with E-state index in [4.69, 9.17) is 11.6 Å². The molecule has 1 rings (SSSR count). The Morgan fingerprint density at radius 3 is 2.50 bits per heavy atom. The topological polar surface area (TPSA) is 12.0 Å². The first-order valence-corrected chi connectivity index (χ1v) is 5.91. The second kappa shape index (κ2) is 6.38. The third-order valence-electron chi connectivity index (χ3n) is 2.65. The molecule has 0 aliphatic rings. The molecule has 0 saturated heterocycles. The number of hydrogen-bond donors (Lipinski definition) is 1. The highest BCUT2D eigenvalue weighted by molar-refractivity contribution is 6.31. The Balaban J connectivity index is 2.72. The van der Waals surface area contributed by atoms with Gasteiger partial charge in [0.15, 0.2) is 0 Å². The number of hydrogen-bond acceptors (Lipinski definition) is 1. The van der Waals surface area contributed by atoms with Gasteiger partial charge >= 0.3 is 6.18 Å². The highest BCUT2D eigenvalue weighted by Gasteiger charge is 2.27. The molecule has 0 aliphatic heterocycles. The molecule has 0 bridgehead atoms. The third-order valence-corrected chi connectivity index (χ3v) is 2.98. The number of nitrogens with one attached hydrogen (secondary N) is 1. The predicted octanol–water partition coefficient (Wildman–Crippen LogP) is 4.47. The van der Waals surface area contributed by atoms with Crippen molar-refractivity contribution in [3.05, 3.63) is 34.6 Å². The zero-order valence-corrected chi connectivity index (χ0v) is 10.6. The first-order chi connectivity index (χ1) is 8.35. The Hall–Kier alpha value is -0.810. The van der Waals surface area contributed by atoms with Crippen LogP contribution in [0, 0.1) is 5.82 Å². The van der Waals surface area contributed by atoms with E-state index in [1.807, 2.05) is 0 Å². The summed E-state index contributed by atoms with van der Waals surface area (Å²) in [5, 5.41) is 3.02. The highest BCUT2D eigenvalue weighted by Crippen LogP contribution is 2.31. The lowest BCUT2D eigenvalue weighted by Crippen LogP contribution is -2.19. The van der Waals surface area contributed by atoms with Crippen LogP contribution in [0.3, 0.4) is 0 Å². The molecule has 18 heavy (non-hydrogen) atoms. The van der Waals surface area contributed by atoms with Gasteiger partial charge < -0.3 is 5.32 Å². The molecule has 1 aromatic carbocycles. The molecule has 1 atom stereocenters. The molecule has 6 heteroatoms. The summed E-state index contributed by atoms with van der Waals surface area (Å²) in [5.41, 5.74) is 0.226. The normalized spacial score (nSPS) is 13.7. The monoisotopic (exact) mass is 283 g/mol. The van der Waals surface area contributed by atoms with Crippen LogP contribution < -0.4 is 5.32 Å². The third kappa shape index (κ3) is 4.46. The summed E-state index contributed by atoms with van der Waals surface area (Å²) in [6.45, 7) is 0. The minimum absolute atomic E-state index is 0.0698.